The van der Waals surface area contributed by atoms with E-state index >= 15 is 0 Å². The number of para-hydroxylation sites is 2. The predicted molar refractivity (Wildman–Crippen MR) is 124 cm³/mol. The minimum atomic E-state index is 1.10. The fraction of sp³-hybridized carbons (Fsp3) is 0.154. The molecule has 0 saturated carbocycles. The van der Waals surface area contributed by atoms with Gasteiger partial charge in [-0.05, 0) is 43.7 Å². The summed E-state index contributed by atoms with van der Waals surface area (Å²) < 4.78 is 4.59. The number of nitrogens with one attached hydrogen (secondary N) is 1. The zero-order valence-corrected chi connectivity index (χ0v) is 17.3. The van der Waals surface area contributed by atoms with E-state index in [-0.39, 0.29) is 0 Å². The molecule has 0 aliphatic heterocycles. The van der Waals surface area contributed by atoms with Crippen LogP contribution in [0, 0.1) is 13.8 Å². The first-order chi connectivity index (χ1) is 14.1. The second kappa shape index (κ2) is 6.56. The van der Waals surface area contributed by atoms with Crippen LogP contribution in [-0.4, -0.2) is 9.13 Å². The summed E-state index contributed by atoms with van der Waals surface area (Å²) >= 11 is 0. The van der Waals surface area contributed by atoms with E-state index < -0.39 is 0 Å². The van der Waals surface area contributed by atoms with Gasteiger partial charge < -0.3 is 14.5 Å². The third-order valence-electron chi connectivity index (χ3n) is 6.02. The fourth-order valence-corrected chi connectivity index (χ4v) is 4.49. The lowest BCUT2D eigenvalue weighted by atomic mass is 10.0. The van der Waals surface area contributed by atoms with Gasteiger partial charge in [-0.2, -0.15) is 0 Å². The molecule has 0 aliphatic rings. The number of aromatic nitrogens is 2. The van der Waals surface area contributed by atoms with Crippen LogP contribution < -0.4 is 5.32 Å². The highest BCUT2D eigenvalue weighted by molar-refractivity contribution is 6.06. The van der Waals surface area contributed by atoms with Gasteiger partial charge in [0.2, 0.25) is 0 Å². The molecule has 0 saturated heterocycles. The van der Waals surface area contributed by atoms with Crippen LogP contribution in [0.25, 0.3) is 33.1 Å². The monoisotopic (exact) mass is 379 g/mol. The van der Waals surface area contributed by atoms with Gasteiger partial charge in [-0.15, -0.1) is 0 Å². The van der Waals surface area contributed by atoms with Gasteiger partial charge in [-0.1, -0.05) is 54.1 Å². The van der Waals surface area contributed by atoms with E-state index in [2.05, 4.69) is 115 Å². The van der Waals surface area contributed by atoms with E-state index in [9.17, 15) is 0 Å². The van der Waals surface area contributed by atoms with E-state index in [1.54, 1.807) is 0 Å². The summed E-state index contributed by atoms with van der Waals surface area (Å²) in [6.07, 6.45) is 0. The van der Waals surface area contributed by atoms with Crippen LogP contribution in [0.5, 0.6) is 0 Å². The molecule has 0 amide bonds. The van der Waals surface area contributed by atoms with E-state index in [1.807, 2.05) is 0 Å². The molecule has 0 unspecified atom stereocenters. The molecule has 3 heteroatoms. The van der Waals surface area contributed by atoms with Crippen molar-refractivity contribution in [1.29, 1.82) is 0 Å². The SMILES string of the molecule is Cc1ccc(Nc2c(-c3c(C)c4ccccc4n3C)c3ccccc3n2C)cc1. The van der Waals surface area contributed by atoms with Crippen molar-refractivity contribution >= 4 is 33.3 Å². The van der Waals surface area contributed by atoms with Gasteiger partial charge in [0.1, 0.15) is 5.82 Å². The molecule has 0 atom stereocenters. The topological polar surface area (TPSA) is 21.9 Å². The first-order valence-corrected chi connectivity index (χ1v) is 10.0. The molecule has 3 nitrogen and oxygen atoms in total. The van der Waals surface area contributed by atoms with E-state index in [0.717, 1.165) is 11.5 Å². The molecular formula is C26H25N3. The largest absolute Gasteiger partial charge is 0.343 e. The van der Waals surface area contributed by atoms with Crippen LogP contribution in [0.3, 0.4) is 0 Å². The lowest BCUT2D eigenvalue weighted by Gasteiger charge is -2.13. The predicted octanol–water partition coefficient (Wildman–Crippen LogP) is 6.70. The Hall–Kier alpha value is -3.46. The van der Waals surface area contributed by atoms with Gasteiger partial charge in [0, 0.05) is 41.6 Å². The normalized spacial score (nSPS) is 11.4. The number of fused-ring (bicyclic) bond motifs is 2. The van der Waals surface area contributed by atoms with Crippen LogP contribution in [0.15, 0.2) is 72.8 Å². The summed E-state index contributed by atoms with van der Waals surface area (Å²) in [7, 11) is 4.31. The lowest BCUT2D eigenvalue weighted by Crippen LogP contribution is -2.01. The van der Waals surface area contributed by atoms with Gasteiger partial charge in [-0.25, -0.2) is 0 Å². The van der Waals surface area contributed by atoms with E-state index in [4.69, 9.17) is 0 Å². The van der Waals surface area contributed by atoms with E-state index in [1.165, 1.54) is 44.2 Å². The fourth-order valence-electron chi connectivity index (χ4n) is 4.49. The minimum Gasteiger partial charge on any atom is -0.343 e. The summed E-state index contributed by atoms with van der Waals surface area (Å²) in [6.45, 7) is 4.35. The van der Waals surface area contributed by atoms with Crippen molar-refractivity contribution in [3.8, 4) is 11.3 Å². The Morgan fingerprint density at radius 3 is 1.90 bits per heavy atom. The summed E-state index contributed by atoms with van der Waals surface area (Å²) in [4.78, 5) is 0. The van der Waals surface area contributed by atoms with Gasteiger partial charge >= 0.3 is 0 Å². The summed E-state index contributed by atoms with van der Waals surface area (Å²) in [5.41, 5.74) is 8.66. The second-order valence-corrected chi connectivity index (χ2v) is 7.84. The van der Waals surface area contributed by atoms with Crippen LogP contribution in [-0.2, 0) is 14.1 Å². The molecule has 0 aliphatic carbocycles. The molecule has 3 aromatic carbocycles. The number of rotatable bonds is 3. The molecule has 144 valence electrons. The van der Waals surface area contributed by atoms with Crippen molar-refractivity contribution < 1.29 is 0 Å². The quantitative estimate of drug-likeness (QED) is 0.370. The van der Waals surface area contributed by atoms with Crippen LogP contribution in [0.1, 0.15) is 11.1 Å². The van der Waals surface area contributed by atoms with Gasteiger partial charge in [0.05, 0.1) is 11.2 Å². The van der Waals surface area contributed by atoms with E-state index in [0.29, 0.717) is 0 Å². The van der Waals surface area contributed by atoms with Crippen molar-refractivity contribution in [3.63, 3.8) is 0 Å². The molecule has 0 bridgehead atoms. The maximum Gasteiger partial charge on any atom is 0.120 e. The van der Waals surface area contributed by atoms with Crippen molar-refractivity contribution in [3.05, 3.63) is 83.9 Å². The number of hydrogen-bond acceptors (Lipinski definition) is 1. The number of benzene rings is 3. The standard InChI is InChI=1S/C26H25N3/c1-17-13-15-19(16-14-17)27-26-24(21-10-6-8-12-23(21)29(26)4)25-18(2)20-9-5-7-11-22(20)28(25)3/h5-16,27H,1-4H3. The third kappa shape index (κ3) is 2.65. The molecule has 5 aromatic rings. The molecule has 0 spiro atoms. The highest BCUT2D eigenvalue weighted by Crippen LogP contribution is 2.43. The number of nitrogens with zero attached hydrogens (tertiary/aromatic N) is 2. The molecule has 2 heterocycles. The maximum absolute atomic E-state index is 3.70. The molecule has 2 aromatic heterocycles. The Balaban J connectivity index is 1.83. The Kier molecular flexibility index (Phi) is 3.99. The number of aryl methyl sites for hydroxylation is 4. The van der Waals surface area contributed by atoms with Crippen molar-refractivity contribution in [2.24, 2.45) is 14.1 Å². The van der Waals surface area contributed by atoms with Gasteiger partial charge in [-0.3, -0.25) is 0 Å². The summed E-state index contributed by atoms with van der Waals surface area (Å²) in [6, 6.07) is 25.9. The van der Waals surface area contributed by atoms with Crippen LogP contribution in [0.4, 0.5) is 11.5 Å². The van der Waals surface area contributed by atoms with Crippen LogP contribution >= 0.6 is 0 Å². The average Bonchev–Trinajstić information content (AvgIpc) is 3.15. The Morgan fingerprint density at radius 2 is 1.24 bits per heavy atom. The molecule has 5 rings (SSSR count). The van der Waals surface area contributed by atoms with Crippen LogP contribution in [0.2, 0.25) is 0 Å². The second-order valence-electron chi connectivity index (χ2n) is 7.84. The Morgan fingerprint density at radius 1 is 0.655 bits per heavy atom. The Labute approximate surface area is 171 Å². The highest BCUT2D eigenvalue weighted by atomic mass is 15.1. The average molecular weight is 380 g/mol. The van der Waals surface area contributed by atoms with Crippen molar-refractivity contribution in [2.45, 2.75) is 13.8 Å². The maximum atomic E-state index is 3.70. The van der Waals surface area contributed by atoms with Crippen molar-refractivity contribution in [2.75, 3.05) is 5.32 Å². The summed E-state index contributed by atoms with van der Waals surface area (Å²) in [5, 5.41) is 6.27. The molecule has 0 radical (unpaired) electrons. The smallest absolute Gasteiger partial charge is 0.120 e. The third-order valence-corrected chi connectivity index (χ3v) is 6.02. The molecule has 1 N–H and O–H groups in total. The van der Waals surface area contributed by atoms with Gasteiger partial charge in [0.15, 0.2) is 0 Å². The van der Waals surface area contributed by atoms with Gasteiger partial charge in [0.25, 0.3) is 0 Å². The highest BCUT2D eigenvalue weighted by Gasteiger charge is 2.22. The molecular weight excluding hydrogens is 354 g/mol. The van der Waals surface area contributed by atoms with Crippen molar-refractivity contribution in [1.82, 2.24) is 9.13 Å². The Bertz CT molecular complexity index is 1310. The lowest BCUT2D eigenvalue weighted by molar-refractivity contribution is 0.960. The molecule has 29 heavy (non-hydrogen) atoms. The number of anilines is 2. The minimum absolute atomic E-state index is 1.10. The molecule has 0 fully saturated rings. The zero-order valence-electron chi connectivity index (χ0n) is 17.3. The zero-order chi connectivity index (χ0) is 20.1. The number of hydrogen-bond donors (Lipinski definition) is 1. The first-order valence-electron chi connectivity index (χ1n) is 10.0. The summed E-state index contributed by atoms with van der Waals surface area (Å²) in [5.74, 6) is 1.11. The first kappa shape index (κ1) is 17.6.